The van der Waals surface area contributed by atoms with Crippen LogP contribution < -0.4 is 5.32 Å². The van der Waals surface area contributed by atoms with Crippen LogP contribution in [-0.2, 0) is 6.18 Å². The largest absolute Gasteiger partial charge is 0.506 e. The highest BCUT2D eigenvalue weighted by atomic mass is 79.9. The van der Waals surface area contributed by atoms with Crippen LogP contribution in [0.4, 0.5) is 19.0 Å². The van der Waals surface area contributed by atoms with E-state index in [0.717, 1.165) is 18.3 Å². The van der Waals surface area contributed by atoms with Gasteiger partial charge in [0.2, 0.25) is 0 Å². The smallest absolute Gasteiger partial charge is 0.417 e. The predicted molar refractivity (Wildman–Crippen MR) is 107 cm³/mol. The Bertz CT molecular complexity index is 676. The van der Waals surface area contributed by atoms with Gasteiger partial charge in [-0.2, -0.15) is 13.2 Å². The third-order valence-corrected chi connectivity index (χ3v) is 3.01. The lowest BCUT2D eigenvalue weighted by Gasteiger charge is -2.13. The van der Waals surface area contributed by atoms with Gasteiger partial charge in [0, 0.05) is 4.47 Å². The maximum Gasteiger partial charge on any atom is 0.417 e. The van der Waals surface area contributed by atoms with E-state index < -0.39 is 23.2 Å². The third kappa shape index (κ3) is 9.42. The molecule has 0 fully saturated rings. The van der Waals surface area contributed by atoms with Crippen molar-refractivity contribution < 1.29 is 23.1 Å². The third-order valence-electron chi connectivity index (χ3n) is 2.52. The number of carbonyl (C=O) groups is 1. The number of amides is 1. The number of benzene rings is 1. The summed E-state index contributed by atoms with van der Waals surface area (Å²) in [7, 11) is 0. The van der Waals surface area contributed by atoms with Gasteiger partial charge in [0.1, 0.15) is 11.6 Å². The van der Waals surface area contributed by atoms with E-state index in [-0.39, 0.29) is 11.6 Å². The first-order valence-corrected chi connectivity index (χ1v) is 9.40. The number of aromatic hydroxyl groups is 1. The molecule has 0 unspecified atom stereocenters. The summed E-state index contributed by atoms with van der Waals surface area (Å²) in [6.45, 7) is 12.0. The van der Waals surface area contributed by atoms with E-state index in [1.54, 1.807) is 0 Å². The van der Waals surface area contributed by atoms with E-state index in [0.29, 0.717) is 4.47 Å². The maximum atomic E-state index is 12.9. The lowest BCUT2D eigenvalue weighted by Crippen LogP contribution is -2.19. The van der Waals surface area contributed by atoms with Gasteiger partial charge in [0.15, 0.2) is 0 Å². The van der Waals surface area contributed by atoms with Crippen molar-refractivity contribution in [3.8, 4) is 5.75 Å². The van der Waals surface area contributed by atoms with Crippen LogP contribution in [0.1, 0.15) is 57.5 Å². The molecule has 0 atom stereocenters. The minimum atomic E-state index is -4.64. The van der Waals surface area contributed by atoms with Crippen LogP contribution in [-0.4, -0.2) is 16.0 Å². The van der Waals surface area contributed by atoms with Gasteiger partial charge in [-0.3, -0.25) is 4.79 Å². The molecule has 27 heavy (non-hydrogen) atoms. The van der Waals surface area contributed by atoms with Gasteiger partial charge < -0.3 is 10.4 Å². The van der Waals surface area contributed by atoms with Crippen molar-refractivity contribution in [2.75, 3.05) is 5.32 Å². The topological polar surface area (TPSA) is 62.2 Å². The number of halogens is 4. The van der Waals surface area contributed by atoms with Crippen LogP contribution in [0, 0.1) is 0 Å². The fourth-order valence-electron chi connectivity index (χ4n) is 1.60. The van der Waals surface area contributed by atoms with E-state index in [9.17, 15) is 18.0 Å². The van der Waals surface area contributed by atoms with E-state index in [4.69, 9.17) is 5.11 Å². The molecule has 1 aromatic heterocycles. The van der Waals surface area contributed by atoms with Crippen molar-refractivity contribution in [1.82, 2.24) is 4.98 Å². The summed E-state index contributed by atoms with van der Waals surface area (Å²) in [5.41, 5.74) is -1.56. The van der Waals surface area contributed by atoms with Gasteiger partial charge in [0.05, 0.1) is 17.3 Å². The molecule has 1 amide bonds. The molecular formula is C19H26BrF3N2O2. The average Bonchev–Trinajstić information content (AvgIpc) is 2.67. The molecule has 2 aromatic rings. The lowest BCUT2D eigenvalue weighted by molar-refractivity contribution is -0.137. The summed E-state index contributed by atoms with van der Waals surface area (Å²) in [4.78, 5) is 15.7. The molecule has 0 aliphatic carbocycles. The van der Waals surface area contributed by atoms with Gasteiger partial charge >= 0.3 is 6.18 Å². The zero-order valence-corrected chi connectivity index (χ0v) is 17.9. The molecule has 0 radical (unpaired) electrons. The zero-order chi connectivity index (χ0) is 21.6. The molecule has 0 aliphatic rings. The molecule has 0 saturated carbocycles. The number of nitrogens with zero attached hydrogens (tertiary/aromatic N) is 1. The number of carbonyl (C=O) groups excluding carboxylic acids is 1. The Morgan fingerprint density at radius 2 is 1.59 bits per heavy atom. The Kier molecular flexibility index (Phi) is 14.1. The number of aromatic nitrogens is 1. The van der Waals surface area contributed by atoms with Crippen LogP contribution in [0.2, 0.25) is 0 Å². The van der Waals surface area contributed by atoms with Crippen molar-refractivity contribution in [3.05, 3.63) is 52.1 Å². The minimum absolute atomic E-state index is 0.0332. The number of alkyl halides is 3. The Morgan fingerprint density at radius 3 is 2.04 bits per heavy atom. The number of nitrogens with one attached hydrogen (secondary N) is 1. The highest BCUT2D eigenvalue weighted by Gasteiger charge is 2.35. The quantitative estimate of drug-likeness (QED) is 0.522. The molecule has 0 saturated heterocycles. The lowest BCUT2D eigenvalue weighted by atomic mass is 10.1. The molecule has 0 aliphatic heterocycles. The van der Waals surface area contributed by atoms with Gasteiger partial charge in [-0.05, 0) is 30.3 Å². The van der Waals surface area contributed by atoms with Gasteiger partial charge in [-0.25, -0.2) is 4.98 Å². The second-order valence-corrected chi connectivity index (χ2v) is 4.96. The first-order chi connectivity index (χ1) is 12.8. The second kappa shape index (κ2) is 14.0. The molecular weight excluding hydrogens is 425 g/mol. The maximum absolute atomic E-state index is 12.9. The summed E-state index contributed by atoms with van der Waals surface area (Å²) >= 11 is 3.03. The molecule has 0 bridgehead atoms. The van der Waals surface area contributed by atoms with Crippen molar-refractivity contribution >= 4 is 27.7 Å². The number of hydrogen-bond acceptors (Lipinski definition) is 3. The predicted octanol–water partition coefficient (Wildman–Crippen LogP) is 6.90. The van der Waals surface area contributed by atoms with E-state index in [2.05, 4.69) is 26.2 Å². The summed E-state index contributed by atoms with van der Waals surface area (Å²) in [6, 6.07) is 5.65. The van der Waals surface area contributed by atoms with Crippen LogP contribution in [0.15, 0.2) is 41.0 Å². The summed E-state index contributed by atoms with van der Waals surface area (Å²) in [5.74, 6) is -1.03. The first kappa shape index (κ1) is 27.1. The zero-order valence-electron chi connectivity index (χ0n) is 16.3. The summed E-state index contributed by atoms with van der Waals surface area (Å²) in [6.07, 6.45) is -3.57. The first-order valence-electron chi connectivity index (χ1n) is 8.60. The minimum Gasteiger partial charge on any atom is -0.506 e. The SMILES string of the molecule is CC.CC.CC.O=C(Nc1ccc(O)cn1)c1cc(Br)ccc1C(F)(F)F. The molecule has 2 N–H and O–H groups in total. The molecule has 0 spiro atoms. The molecule has 152 valence electrons. The van der Waals surface area contributed by atoms with Crippen LogP contribution >= 0.6 is 15.9 Å². The van der Waals surface area contributed by atoms with Crippen molar-refractivity contribution in [2.24, 2.45) is 0 Å². The highest BCUT2D eigenvalue weighted by Crippen LogP contribution is 2.33. The monoisotopic (exact) mass is 450 g/mol. The van der Waals surface area contributed by atoms with E-state index in [1.165, 1.54) is 18.2 Å². The van der Waals surface area contributed by atoms with Crippen molar-refractivity contribution in [1.29, 1.82) is 0 Å². The molecule has 1 heterocycles. The molecule has 1 aromatic carbocycles. The molecule has 2 rings (SSSR count). The Balaban J connectivity index is 0. The highest BCUT2D eigenvalue weighted by molar-refractivity contribution is 9.10. The fraction of sp³-hybridized carbons (Fsp3) is 0.368. The number of rotatable bonds is 2. The number of pyridine rings is 1. The van der Waals surface area contributed by atoms with Crippen molar-refractivity contribution in [3.63, 3.8) is 0 Å². The Hall–Kier alpha value is -2.09. The normalized spacial score (nSPS) is 9.41. The summed E-state index contributed by atoms with van der Waals surface area (Å²) < 4.78 is 39.0. The van der Waals surface area contributed by atoms with Crippen LogP contribution in [0.5, 0.6) is 5.75 Å². The molecule has 8 heteroatoms. The number of anilines is 1. The molecule has 4 nitrogen and oxygen atoms in total. The van der Waals surface area contributed by atoms with Gasteiger partial charge in [-0.15, -0.1) is 0 Å². The number of hydrogen-bond donors (Lipinski definition) is 2. The van der Waals surface area contributed by atoms with E-state index >= 15 is 0 Å². The van der Waals surface area contributed by atoms with Crippen LogP contribution in [0.25, 0.3) is 0 Å². The van der Waals surface area contributed by atoms with Crippen molar-refractivity contribution in [2.45, 2.75) is 47.7 Å². The van der Waals surface area contributed by atoms with E-state index in [1.807, 2.05) is 41.5 Å². The van der Waals surface area contributed by atoms with Gasteiger partial charge in [-0.1, -0.05) is 57.5 Å². The standard InChI is InChI=1S/C13H8BrF3N2O2.3C2H6/c14-7-1-3-10(13(15,16)17)9(5-7)12(21)19-11-4-2-8(20)6-18-11;3*1-2/h1-6,20H,(H,18,19,21);3*1-2H3. The fourth-order valence-corrected chi connectivity index (χ4v) is 1.96. The summed E-state index contributed by atoms with van der Waals surface area (Å²) in [5, 5.41) is 11.3. The average molecular weight is 451 g/mol. The second-order valence-electron chi connectivity index (χ2n) is 4.04. The Morgan fingerprint density at radius 1 is 1.04 bits per heavy atom. The van der Waals surface area contributed by atoms with Crippen LogP contribution in [0.3, 0.4) is 0 Å². The Labute approximate surface area is 167 Å². The van der Waals surface area contributed by atoms with Gasteiger partial charge in [0.25, 0.3) is 5.91 Å².